The fourth-order valence-corrected chi connectivity index (χ4v) is 4.88. The van der Waals surface area contributed by atoms with Crippen molar-refractivity contribution in [2.75, 3.05) is 7.11 Å². The number of rotatable bonds is 2. The number of benzene rings is 1. The first-order valence-electron chi connectivity index (χ1n) is 10.5. The largest absolute Gasteiger partial charge is 0.451 e. The van der Waals surface area contributed by atoms with Gasteiger partial charge in [0.25, 0.3) is 0 Å². The van der Waals surface area contributed by atoms with Crippen LogP contribution >= 0.6 is 0 Å². The second-order valence-corrected chi connectivity index (χ2v) is 8.69. The highest BCUT2D eigenvalue weighted by atomic mass is 16.8. The van der Waals surface area contributed by atoms with E-state index in [2.05, 4.69) is 0 Å². The van der Waals surface area contributed by atoms with E-state index in [1.807, 2.05) is 30.3 Å². The van der Waals surface area contributed by atoms with E-state index in [4.69, 9.17) is 23.8 Å². The third-order valence-corrected chi connectivity index (χ3v) is 6.25. The lowest BCUT2D eigenvalue weighted by atomic mass is 9.82. The lowest BCUT2D eigenvalue weighted by molar-refractivity contribution is -0.289. The predicted molar refractivity (Wildman–Crippen MR) is 105 cm³/mol. The summed E-state index contributed by atoms with van der Waals surface area (Å²) in [5.74, 6) is -1.73. The molecular weight excluding hydrogens is 422 g/mol. The maximum absolute atomic E-state index is 13.1. The number of nitrogens with zero attached hydrogens (tertiary/aromatic N) is 3. The average molecular weight is 447 g/mol. The Labute approximate surface area is 184 Å². The highest BCUT2D eigenvalue weighted by molar-refractivity contribution is 5.88. The van der Waals surface area contributed by atoms with Crippen molar-refractivity contribution < 1.29 is 38.2 Å². The molecule has 0 aliphatic carbocycles. The highest BCUT2D eigenvalue weighted by Crippen LogP contribution is 2.49. The molecule has 0 spiro atoms. The van der Waals surface area contributed by atoms with Gasteiger partial charge in [-0.15, -0.1) is 0 Å². The van der Waals surface area contributed by atoms with Crippen LogP contribution in [0.15, 0.2) is 30.3 Å². The van der Waals surface area contributed by atoms with Crippen molar-refractivity contribution in [1.82, 2.24) is 15.1 Å². The minimum atomic E-state index is -1.16. The van der Waals surface area contributed by atoms with Crippen LogP contribution in [0.5, 0.6) is 0 Å². The van der Waals surface area contributed by atoms with Gasteiger partial charge in [-0.25, -0.2) is 19.4 Å². The molecule has 5 fully saturated rings. The van der Waals surface area contributed by atoms with Gasteiger partial charge in [-0.3, -0.25) is 4.79 Å². The van der Waals surface area contributed by atoms with Crippen molar-refractivity contribution in [3.8, 4) is 0 Å². The summed E-state index contributed by atoms with van der Waals surface area (Å²) in [6, 6.07) is 7.90. The normalized spacial score (nSPS) is 34.4. The molecule has 0 radical (unpaired) electrons. The zero-order valence-electron chi connectivity index (χ0n) is 18.2. The molecule has 6 rings (SSSR count). The van der Waals surface area contributed by atoms with Crippen LogP contribution in [0.25, 0.3) is 0 Å². The second kappa shape index (κ2) is 7.32. The van der Waals surface area contributed by atoms with Crippen LogP contribution in [0.4, 0.5) is 9.59 Å². The van der Waals surface area contributed by atoms with Gasteiger partial charge in [0.2, 0.25) is 12.1 Å². The zero-order valence-corrected chi connectivity index (χ0v) is 18.2. The molecule has 5 heterocycles. The van der Waals surface area contributed by atoms with Crippen molar-refractivity contribution in [3.63, 3.8) is 0 Å². The molecule has 0 N–H and O–H groups in total. The summed E-state index contributed by atoms with van der Waals surface area (Å²) in [5.41, 5.74) is 0.810. The molecule has 1 aromatic carbocycles. The molecule has 0 aromatic heterocycles. The van der Waals surface area contributed by atoms with E-state index < -0.39 is 54.4 Å². The van der Waals surface area contributed by atoms with Crippen molar-refractivity contribution in [2.45, 2.75) is 63.7 Å². The summed E-state index contributed by atoms with van der Waals surface area (Å²) in [6.07, 6.45) is -4.08. The summed E-state index contributed by atoms with van der Waals surface area (Å²) in [5, 5.41) is 3.46. The highest BCUT2D eigenvalue weighted by Gasteiger charge is 2.70. The quantitative estimate of drug-likeness (QED) is 0.630. The van der Waals surface area contributed by atoms with Gasteiger partial charge in [0, 0.05) is 0 Å². The van der Waals surface area contributed by atoms with Gasteiger partial charge < -0.3 is 18.9 Å². The van der Waals surface area contributed by atoms with Crippen molar-refractivity contribution in [2.24, 2.45) is 5.92 Å². The van der Waals surface area contributed by atoms with Crippen LogP contribution in [-0.4, -0.2) is 76.6 Å². The number of hydroxylamine groups is 2. The Morgan fingerprint density at radius 2 is 1.75 bits per heavy atom. The summed E-state index contributed by atoms with van der Waals surface area (Å²) >= 11 is 0. The second-order valence-electron chi connectivity index (χ2n) is 8.69. The molecule has 11 heteroatoms. The monoisotopic (exact) mass is 447 g/mol. The molecule has 5 saturated heterocycles. The smallest absolute Gasteiger partial charge is 0.434 e. The Kier molecular flexibility index (Phi) is 4.80. The van der Waals surface area contributed by atoms with Crippen LogP contribution < -0.4 is 0 Å². The van der Waals surface area contributed by atoms with E-state index in [1.165, 1.54) is 12.1 Å². The Balaban J connectivity index is 1.50. The van der Waals surface area contributed by atoms with Gasteiger partial charge >= 0.3 is 12.2 Å². The standard InChI is InChI=1S/C21H25N3O8/c1-11-13-14-15-16(31-21(2,3)30-15)18(23(19(26)28-4)22(13)17(11)25)32-24(14)20(27)29-10-12-8-6-5-7-9-12/h5-9,11,13-16,18H,10H2,1-4H3/t11-,13-,14+,15-,16-,18-/m0/s1. The Bertz CT molecular complexity index is 940. The van der Waals surface area contributed by atoms with Gasteiger partial charge in [-0.05, 0) is 19.4 Å². The number of fused-ring (bicyclic) bond motifs is 1. The van der Waals surface area contributed by atoms with Crippen LogP contribution in [-0.2, 0) is 35.2 Å². The van der Waals surface area contributed by atoms with E-state index in [0.29, 0.717) is 0 Å². The third kappa shape index (κ3) is 3.03. The van der Waals surface area contributed by atoms with Crippen molar-refractivity contribution in [1.29, 1.82) is 0 Å². The fraction of sp³-hybridized carbons (Fsp3) is 0.571. The topological polar surface area (TPSA) is 107 Å². The SMILES string of the molecule is COC(=O)N1[C@H]2ON(C(=O)OCc3ccccc3)[C@@H]([C@@H]3OC(C)(C)O[C@@H]32)[C@@H]2[C@H](C)C(=O)N21. The number of hydrogen-bond acceptors (Lipinski definition) is 8. The first kappa shape index (κ1) is 21.0. The van der Waals surface area contributed by atoms with Crippen molar-refractivity contribution >= 4 is 18.1 Å². The average Bonchev–Trinajstić information content (AvgIpc) is 3.00. The minimum Gasteiger partial charge on any atom is -0.451 e. The Morgan fingerprint density at radius 1 is 1.06 bits per heavy atom. The predicted octanol–water partition coefficient (Wildman–Crippen LogP) is 1.63. The first-order chi connectivity index (χ1) is 15.2. The van der Waals surface area contributed by atoms with E-state index in [9.17, 15) is 14.4 Å². The third-order valence-electron chi connectivity index (χ3n) is 6.25. The lowest BCUT2D eigenvalue weighted by Crippen LogP contribution is -2.72. The fourth-order valence-electron chi connectivity index (χ4n) is 4.88. The van der Waals surface area contributed by atoms with E-state index >= 15 is 0 Å². The number of hydrazine groups is 1. The van der Waals surface area contributed by atoms with Crippen LogP contribution in [0.1, 0.15) is 26.3 Å². The summed E-state index contributed by atoms with van der Waals surface area (Å²) in [6.45, 7) is 5.27. The summed E-state index contributed by atoms with van der Waals surface area (Å²) < 4.78 is 22.6. The lowest BCUT2D eigenvalue weighted by Gasteiger charge is -2.50. The van der Waals surface area contributed by atoms with E-state index in [-0.39, 0.29) is 12.5 Å². The van der Waals surface area contributed by atoms with Crippen LogP contribution in [0, 0.1) is 5.92 Å². The first-order valence-corrected chi connectivity index (χ1v) is 10.5. The zero-order chi connectivity index (χ0) is 22.8. The minimum absolute atomic E-state index is 0.0391. The number of ether oxygens (including phenoxy) is 4. The van der Waals surface area contributed by atoms with Gasteiger partial charge in [-0.2, -0.15) is 10.1 Å². The molecule has 11 nitrogen and oxygen atoms in total. The summed E-state index contributed by atoms with van der Waals surface area (Å²) in [7, 11) is 1.21. The summed E-state index contributed by atoms with van der Waals surface area (Å²) in [4.78, 5) is 44.5. The molecule has 2 bridgehead atoms. The maximum Gasteiger partial charge on any atom is 0.434 e. The Morgan fingerprint density at radius 3 is 2.44 bits per heavy atom. The number of hydrogen-bond donors (Lipinski definition) is 0. The molecule has 0 unspecified atom stereocenters. The molecule has 32 heavy (non-hydrogen) atoms. The molecule has 1 aromatic rings. The van der Waals surface area contributed by atoms with Gasteiger partial charge in [0.15, 0.2) is 5.79 Å². The van der Waals surface area contributed by atoms with Gasteiger partial charge in [0.05, 0.1) is 19.1 Å². The molecule has 0 saturated carbocycles. The molecule has 3 amide bonds. The molecular formula is C21H25N3O8. The van der Waals surface area contributed by atoms with E-state index in [1.54, 1.807) is 20.8 Å². The van der Waals surface area contributed by atoms with Gasteiger partial charge in [-0.1, -0.05) is 37.3 Å². The van der Waals surface area contributed by atoms with Crippen LogP contribution in [0.3, 0.4) is 0 Å². The molecule has 172 valence electrons. The number of carbonyl (C=O) groups is 3. The van der Waals surface area contributed by atoms with Crippen LogP contribution in [0.2, 0.25) is 0 Å². The number of amides is 3. The molecule has 6 atom stereocenters. The number of methoxy groups -OCH3 is 1. The van der Waals surface area contributed by atoms with Gasteiger partial charge in [0.1, 0.15) is 24.9 Å². The number of β-lactam (4-membered cyclic amide) rings is 1. The molecule has 5 aliphatic rings. The van der Waals surface area contributed by atoms with Crippen molar-refractivity contribution in [3.05, 3.63) is 35.9 Å². The maximum atomic E-state index is 13.1. The Hall–Kier alpha value is -2.89. The number of carbonyl (C=O) groups excluding carboxylic acids is 3. The molecule has 5 aliphatic heterocycles. The van der Waals surface area contributed by atoms with E-state index in [0.717, 1.165) is 15.6 Å².